The van der Waals surface area contributed by atoms with E-state index in [-0.39, 0.29) is 40.8 Å². The average Bonchev–Trinajstić information content (AvgIpc) is 3.38. The fraction of sp³-hybridized carbons (Fsp3) is 0.641. The largest absolute Gasteiger partial charge is 0.457 e. The molecule has 258 valence electrons. The van der Waals surface area contributed by atoms with E-state index in [1.807, 2.05) is 51.1 Å². The van der Waals surface area contributed by atoms with Crippen molar-refractivity contribution in [3.05, 3.63) is 72.4 Å². The third-order valence-electron chi connectivity index (χ3n) is 11.8. The zero-order valence-corrected chi connectivity index (χ0v) is 31.4. The molecule has 8 heteroatoms. The molecule has 2 aliphatic carbocycles. The number of amides is 1. The van der Waals surface area contributed by atoms with Gasteiger partial charge < -0.3 is 24.0 Å². The summed E-state index contributed by atoms with van der Waals surface area (Å²) < 4.78 is 26.7. The second-order valence-corrected chi connectivity index (χ2v) is 21.4. The standard InChI is InChI=1S/C39H57NO6Si/c1-24-17-16-20-29-33(45-47(11,12)36(5,6)7)26(3)25(2)32-30(23-28-18-14-13-15-19-28)40-35(42)39(29,32)31(43-27(4)41)21-22-38(10)34(24)44-37(8,9)46-38/h13-16,18-22,24-25,29-34H,3,17,23H2,1-2,4-12H3,(H,40,42)/b20-16+,22-21+/t24-,25+,29-,30-,31+,32-,33+,34+,38+,39+/m0/s1. The summed E-state index contributed by atoms with van der Waals surface area (Å²) in [5.74, 6) is -2.02. The highest BCUT2D eigenvalue weighted by Crippen LogP contribution is 2.60. The van der Waals surface area contributed by atoms with Crippen molar-refractivity contribution in [1.29, 1.82) is 0 Å². The van der Waals surface area contributed by atoms with Crippen LogP contribution in [0.4, 0.5) is 0 Å². The van der Waals surface area contributed by atoms with Crippen molar-refractivity contribution in [1.82, 2.24) is 5.32 Å². The SMILES string of the molecule is C=C1[C@@H](C)[C@H]2[C@H](Cc3ccccc3)NC(=O)[C@]23[C@H](OC(C)=O)/C=C/[C@@]2(C)OC(C)(C)O[C@@H]2[C@@H](C)C/C=C/[C@H]3[C@@H]1O[Si](C)(C)C(C)(C)C. The second-order valence-electron chi connectivity index (χ2n) is 16.7. The summed E-state index contributed by atoms with van der Waals surface area (Å²) >= 11 is 0. The Hall–Kier alpha value is -2.52. The Morgan fingerprint density at radius 1 is 1.11 bits per heavy atom. The van der Waals surface area contributed by atoms with Gasteiger partial charge in [0.15, 0.2) is 14.1 Å². The van der Waals surface area contributed by atoms with E-state index in [4.69, 9.17) is 25.2 Å². The van der Waals surface area contributed by atoms with Crippen LogP contribution in [0.2, 0.25) is 18.1 Å². The molecule has 2 heterocycles. The molecule has 1 spiro atoms. The van der Waals surface area contributed by atoms with Crippen LogP contribution in [-0.4, -0.2) is 55.9 Å². The Labute approximate surface area is 283 Å². The molecule has 0 radical (unpaired) electrons. The van der Waals surface area contributed by atoms with Gasteiger partial charge in [-0.15, -0.1) is 0 Å². The molecule has 0 aromatic heterocycles. The molecule has 1 saturated carbocycles. The highest BCUT2D eigenvalue weighted by atomic mass is 28.4. The van der Waals surface area contributed by atoms with Crippen molar-refractivity contribution in [2.45, 2.75) is 129 Å². The number of esters is 1. The van der Waals surface area contributed by atoms with E-state index in [0.717, 1.165) is 11.1 Å². The minimum atomic E-state index is -2.36. The quantitative estimate of drug-likeness (QED) is 0.199. The molecule has 3 fully saturated rings. The lowest BCUT2D eigenvalue weighted by atomic mass is 9.51. The highest BCUT2D eigenvalue weighted by Gasteiger charge is 2.70. The lowest BCUT2D eigenvalue weighted by molar-refractivity contribution is -0.166. The zero-order chi connectivity index (χ0) is 34.7. The molecule has 1 aromatic carbocycles. The maximum atomic E-state index is 15.0. The summed E-state index contributed by atoms with van der Waals surface area (Å²) in [6.07, 6.45) is 8.05. The summed E-state index contributed by atoms with van der Waals surface area (Å²) in [7, 11) is -2.36. The molecule has 4 aliphatic rings. The van der Waals surface area contributed by atoms with Gasteiger partial charge in [-0.25, -0.2) is 0 Å². The van der Waals surface area contributed by atoms with E-state index < -0.39 is 49.2 Å². The summed E-state index contributed by atoms with van der Waals surface area (Å²) in [4.78, 5) is 28.1. The molecule has 7 nitrogen and oxygen atoms in total. The molecule has 5 rings (SSSR count). The number of carbonyl (C=O) groups is 2. The molecule has 0 bridgehead atoms. The Bertz CT molecular complexity index is 1430. The minimum absolute atomic E-state index is 0.0668. The van der Waals surface area contributed by atoms with Gasteiger partial charge in [0, 0.05) is 24.8 Å². The Morgan fingerprint density at radius 2 is 1.77 bits per heavy atom. The number of ether oxygens (including phenoxy) is 3. The van der Waals surface area contributed by atoms with Crippen molar-refractivity contribution in [3.8, 4) is 0 Å². The molecule has 10 atom stereocenters. The Kier molecular flexibility index (Phi) is 9.45. The van der Waals surface area contributed by atoms with Crippen molar-refractivity contribution in [3.63, 3.8) is 0 Å². The van der Waals surface area contributed by atoms with Crippen molar-refractivity contribution in [2.24, 2.45) is 29.1 Å². The van der Waals surface area contributed by atoms with Gasteiger partial charge in [0.2, 0.25) is 5.91 Å². The first-order chi connectivity index (χ1) is 21.7. The fourth-order valence-electron chi connectivity index (χ4n) is 8.59. The Morgan fingerprint density at radius 3 is 2.38 bits per heavy atom. The number of carbonyl (C=O) groups excluding carboxylic acids is 2. The molecular weight excluding hydrogens is 607 g/mol. The van der Waals surface area contributed by atoms with Crippen LogP contribution in [0.25, 0.3) is 0 Å². The molecule has 0 unspecified atom stereocenters. The molecule has 1 N–H and O–H groups in total. The minimum Gasteiger partial charge on any atom is -0.457 e. The summed E-state index contributed by atoms with van der Waals surface area (Å²) in [5.41, 5.74) is 0.157. The fourth-order valence-corrected chi connectivity index (χ4v) is 9.88. The smallest absolute Gasteiger partial charge is 0.303 e. The third-order valence-corrected chi connectivity index (χ3v) is 16.2. The first-order valence-electron chi connectivity index (χ1n) is 17.4. The topological polar surface area (TPSA) is 83.1 Å². The summed E-state index contributed by atoms with van der Waals surface area (Å²) in [5, 5.41) is 3.37. The number of nitrogens with one attached hydrogen (secondary N) is 1. The van der Waals surface area contributed by atoms with Crippen LogP contribution >= 0.6 is 0 Å². The van der Waals surface area contributed by atoms with Gasteiger partial charge in [0.25, 0.3) is 0 Å². The van der Waals surface area contributed by atoms with Crippen LogP contribution < -0.4 is 5.32 Å². The van der Waals surface area contributed by atoms with Crippen molar-refractivity contribution in [2.75, 3.05) is 0 Å². The number of fused-ring (bicyclic) bond motifs is 1. The number of rotatable bonds is 5. The molecule has 1 aromatic rings. The van der Waals surface area contributed by atoms with Crippen LogP contribution in [0, 0.1) is 29.1 Å². The summed E-state index contributed by atoms with van der Waals surface area (Å²) in [6, 6.07) is 10.1. The monoisotopic (exact) mass is 663 g/mol. The van der Waals surface area contributed by atoms with E-state index in [1.54, 1.807) is 0 Å². The molecule has 47 heavy (non-hydrogen) atoms. The van der Waals surface area contributed by atoms with Gasteiger partial charge in [-0.2, -0.15) is 0 Å². The van der Waals surface area contributed by atoms with E-state index in [2.05, 4.69) is 77.3 Å². The molecule has 1 amide bonds. The van der Waals surface area contributed by atoms with E-state index >= 15 is 4.79 Å². The van der Waals surface area contributed by atoms with Crippen molar-refractivity contribution >= 4 is 20.2 Å². The van der Waals surface area contributed by atoms with Gasteiger partial charge in [0.1, 0.15) is 17.1 Å². The maximum absolute atomic E-state index is 15.0. The first-order valence-corrected chi connectivity index (χ1v) is 20.3. The van der Waals surface area contributed by atoms with Gasteiger partial charge in [0.05, 0.1) is 12.2 Å². The highest BCUT2D eigenvalue weighted by molar-refractivity contribution is 6.74. The van der Waals surface area contributed by atoms with Crippen molar-refractivity contribution < 1.29 is 28.2 Å². The third kappa shape index (κ3) is 6.36. The lowest BCUT2D eigenvalue weighted by Gasteiger charge is -2.55. The van der Waals surface area contributed by atoms with Gasteiger partial charge >= 0.3 is 5.97 Å². The van der Waals surface area contributed by atoms with E-state index in [0.29, 0.717) is 12.8 Å². The van der Waals surface area contributed by atoms with Gasteiger partial charge in [-0.1, -0.05) is 89.8 Å². The summed E-state index contributed by atoms with van der Waals surface area (Å²) in [6.45, 7) is 27.5. The van der Waals surface area contributed by atoms with Crippen LogP contribution in [0.3, 0.4) is 0 Å². The van der Waals surface area contributed by atoms with Crippen LogP contribution in [0.15, 0.2) is 66.8 Å². The van der Waals surface area contributed by atoms with Gasteiger partial charge in [-0.3, -0.25) is 9.59 Å². The zero-order valence-electron chi connectivity index (χ0n) is 30.4. The molecule has 2 aliphatic heterocycles. The first kappa shape index (κ1) is 35.8. The molecule has 2 saturated heterocycles. The van der Waals surface area contributed by atoms with E-state index in [1.165, 1.54) is 6.92 Å². The van der Waals surface area contributed by atoms with Crippen LogP contribution in [0.5, 0.6) is 0 Å². The number of hydrogen-bond acceptors (Lipinski definition) is 6. The second kappa shape index (κ2) is 12.4. The number of benzene rings is 1. The van der Waals surface area contributed by atoms with E-state index in [9.17, 15) is 4.79 Å². The maximum Gasteiger partial charge on any atom is 0.303 e. The van der Waals surface area contributed by atoms with Crippen LogP contribution in [0.1, 0.15) is 74.3 Å². The van der Waals surface area contributed by atoms with Gasteiger partial charge in [-0.05, 0) is 80.8 Å². The molecular formula is C39H57NO6Si. The number of hydrogen-bond donors (Lipinski definition) is 1. The average molecular weight is 664 g/mol. The predicted octanol–water partition coefficient (Wildman–Crippen LogP) is 7.54. The number of allylic oxidation sites excluding steroid dienone is 1. The van der Waals surface area contributed by atoms with Crippen LogP contribution in [-0.2, 0) is 34.6 Å². The normalized spacial score (nSPS) is 39.9. The predicted molar refractivity (Wildman–Crippen MR) is 188 cm³/mol. The lowest BCUT2D eigenvalue weighted by Crippen LogP contribution is -2.62. The Balaban J connectivity index is 1.75.